The fourth-order valence-electron chi connectivity index (χ4n) is 1.32. The van der Waals surface area contributed by atoms with E-state index in [0.717, 1.165) is 4.90 Å². The summed E-state index contributed by atoms with van der Waals surface area (Å²) in [5, 5.41) is 10.8. The summed E-state index contributed by atoms with van der Waals surface area (Å²) in [4.78, 5) is 11.7. The van der Waals surface area contributed by atoms with Gasteiger partial charge in [-0.3, -0.25) is 10.1 Å². The Balaban J connectivity index is 2.30. The Bertz CT molecular complexity index is 542. The van der Waals surface area contributed by atoms with E-state index in [1.54, 1.807) is 30.3 Å². The third-order valence-corrected chi connectivity index (χ3v) is 3.18. The van der Waals surface area contributed by atoms with Crippen LogP contribution in [0.5, 0.6) is 0 Å². The summed E-state index contributed by atoms with van der Waals surface area (Å²) in [6, 6.07) is 12.3. The second-order valence-electron chi connectivity index (χ2n) is 3.28. The van der Waals surface area contributed by atoms with Crippen LogP contribution in [0.1, 0.15) is 0 Å². The van der Waals surface area contributed by atoms with Crippen LogP contribution in [0.2, 0.25) is 0 Å². The fourth-order valence-corrected chi connectivity index (χ4v) is 2.24. The number of halogens is 1. The summed E-state index contributed by atoms with van der Waals surface area (Å²) in [6.45, 7) is 0. The number of nitro groups is 1. The molecule has 0 fully saturated rings. The minimum atomic E-state index is -0.425. The Morgan fingerprint density at radius 1 is 1.06 bits per heavy atom. The maximum atomic E-state index is 12.7. The van der Waals surface area contributed by atoms with Gasteiger partial charge in [-0.05, 0) is 30.3 Å². The average Bonchev–Trinajstić information content (AvgIpc) is 2.32. The molecule has 86 valence electrons. The van der Waals surface area contributed by atoms with Crippen LogP contribution < -0.4 is 0 Å². The monoisotopic (exact) mass is 249 g/mol. The number of hydrogen-bond acceptors (Lipinski definition) is 3. The molecule has 0 aliphatic carbocycles. The molecule has 0 unspecified atom stereocenters. The molecule has 0 spiro atoms. The molecule has 17 heavy (non-hydrogen) atoms. The molecule has 0 aliphatic rings. The van der Waals surface area contributed by atoms with Gasteiger partial charge in [0.25, 0.3) is 5.69 Å². The molecule has 2 rings (SSSR count). The first-order valence-electron chi connectivity index (χ1n) is 4.83. The molecular weight excluding hydrogens is 241 g/mol. The minimum Gasteiger partial charge on any atom is -0.258 e. The Labute approximate surface area is 101 Å². The van der Waals surface area contributed by atoms with Crippen molar-refractivity contribution < 1.29 is 9.31 Å². The molecule has 0 amide bonds. The van der Waals surface area contributed by atoms with E-state index in [-0.39, 0.29) is 11.5 Å². The van der Waals surface area contributed by atoms with Crippen LogP contribution in [0.15, 0.2) is 58.3 Å². The third kappa shape index (κ3) is 2.82. The smallest absolute Gasteiger partial charge is 0.258 e. The van der Waals surface area contributed by atoms with Crippen LogP contribution in [-0.4, -0.2) is 4.92 Å². The molecule has 2 aromatic rings. The van der Waals surface area contributed by atoms with Crippen molar-refractivity contribution in [3.63, 3.8) is 0 Å². The summed E-state index contributed by atoms with van der Waals surface area (Å²) in [7, 11) is 0. The molecule has 0 aliphatic heterocycles. The first-order valence-corrected chi connectivity index (χ1v) is 5.65. The van der Waals surface area contributed by atoms with E-state index >= 15 is 0 Å². The van der Waals surface area contributed by atoms with Crippen LogP contribution in [0.3, 0.4) is 0 Å². The molecular formula is C12H8FNO2S. The lowest BCUT2D eigenvalue weighted by Gasteiger charge is -2.02. The Kier molecular flexibility index (Phi) is 3.39. The van der Waals surface area contributed by atoms with Crippen molar-refractivity contribution in [3.05, 3.63) is 64.5 Å². The molecule has 0 atom stereocenters. The summed E-state index contributed by atoms with van der Waals surface area (Å²) in [6.07, 6.45) is 0. The highest BCUT2D eigenvalue weighted by Crippen LogP contribution is 2.34. The van der Waals surface area contributed by atoms with Crippen molar-refractivity contribution in [3.8, 4) is 0 Å². The van der Waals surface area contributed by atoms with E-state index in [1.165, 1.54) is 30.0 Å². The Hall–Kier alpha value is -1.88. The molecule has 0 aromatic heterocycles. The van der Waals surface area contributed by atoms with Gasteiger partial charge in [0.2, 0.25) is 0 Å². The van der Waals surface area contributed by atoms with Crippen LogP contribution in [0.25, 0.3) is 0 Å². The topological polar surface area (TPSA) is 43.1 Å². The van der Waals surface area contributed by atoms with Crippen molar-refractivity contribution in [1.82, 2.24) is 0 Å². The quantitative estimate of drug-likeness (QED) is 0.612. The maximum Gasteiger partial charge on any atom is 0.283 e. The van der Waals surface area contributed by atoms with Gasteiger partial charge in [0, 0.05) is 11.0 Å². The van der Waals surface area contributed by atoms with Crippen LogP contribution in [-0.2, 0) is 0 Å². The summed E-state index contributed by atoms with van der Waals surface area (Å²) in [5.74, 6) is -0.322. The molecule has 0 bridgehead atoms. The number of benzene rings is 2. The SMILES string of the molecule is O=[N+]([O-])c1ccccc1Sc1ccc(F)cc1. The van der Waals surface area contributed by atoms with E-state index in [4.69, 9.17) is 0 Å². The lowest BCUT2D eigenvalue weighted by molar-refractivity contribution is -0.387. The molecule has 0 saturated heterocycles. The van der Waals surface area contributed by atoms with Crippen LogP contribution in [0, 0.1) is 15.9 Å². The summed E-state index contributed by atoms with van der Waals surface area (Å²) >= 11 is 1.24. The zero-order valence-electron chi connectivity index (χ0n) is 8.67. The normalized spacial score (nSPS) is 10.2. The number of hydrogen-bond donors (Lipinski definition) is 0. The fraction of sp³-hybridized carbons (Fsp3) is 0. The van der Waals surface area contributed by atoms with Crippen molar-refractivity contribution in [2.24, 2.45) is 0 Å². The van der Waals surface area contributed by atoms with Crippen molar-refractivity contribution >= 4 is 17.4 Å². The average molecular weight is 249 g/mol. The van der Waals surface area contributed by atoms with E-state index < -0.39 is 4.92 Å². The van der Waals surface area contributed by atoms with Gasteiger partial charge in [0.15, 0.2) is 0 Å². The lowest BCUT2D eigenvalue weighted by atomic mass is 10.3. The summed E-state index contributed by atoms with van der Waals surface area (Å²) in [5.41, 5.74) is 0.0572. The van der Waals surface area contributed by atoms with Gasteiger partial charge in [-0.2, -0.15) is 0 Å². The highest BCUT2D eigenvalue weighted by Gasteiger charge is 2.13. The van der Waals surface area contributed by atoms with Gasteiger partial charge in [0.1, 0.15) is 5.82 Å². The number of rotatable bonds is 3. The molecule has 0 heterocycles. The van der Waals surface area contributed by atoms with Crippen molar-refractivity contribution in [2.75, 3.05) is 0 Å². The van der Waals surface area contributed by atoms with Gasteiger partial charge < -0.3 is 0 Å². The zero-order valence-corrected chi connectivity index (χ0v) is 9.49. The van der Waals surface area contributed by atoms with E-state index in [9.17, 15) is 14.5 Å². The largest absolute Gasteiger partial charge is 0.283 e. The lowest BCUT2D eigenvalue weighted by Crippen LogP contribution is -1.89. The first kappa shape index (κ1) is 11.6. The van der Waals surface area contributed by atoms with Gasteiger partial charge >= 0.3 is 0 Å². The van der Waals surface area contributed by atoms with Crippen LogP contribution in [0.4, 0.5) is 10.1 Å². The Morgan fingerprint density at radius 2 is 1.71 bits per heavy atom. The molecule has 3 nitrogen and oxygen atoms in total. The highest BCUT2D eigenvalue weighted by atomic mass is 32.2. The van der Waals surface area contributed by atoms with E-state index in [1.807, 2.05) is 0 Å². The van der Waals surface area contributed by atoms with Crippen molar-refractivity contribution in [1.29, 1.82) is 0 Å². The first-order chi connectivity index (χ1) is 8.16. The predicted octanol–water partition coefficient (Wildman–Crippen LogP) is 3.89. The van der Waals surface area contributed by atoms with Crippen LogP contribution >= 0.6 is 11.8 Å². The highest BCUT2D eigenvalue weighted by molar-refractivity contribution is 7.99. The number of para-hydroxylation sites is 1. The van der Waals surface area contributed by atoms with E-state index in [0.29, 0.717) is 4.90 Å². The van der Waals surface area contributed by atoms with Gasteiger partial charge in [-0.15, -0.1) is 0 Å². The Morgan fingerprint density at radius 3 is 2.35 bits per heavy atom. The number of nitrogens with zero attached hydrogens (tertiary/aromatic N) is 1. The summed E-state index contributed by atoms with van der Waals surface area (Å²) < 4.78 is 12.7. The molecule has 0 saturated carbocycles. The van der Waals surface area contributed by atoms with Crippen molar-refractivity contribution in [2.45, 2.75) is 9.79 Å². The number of nitro benzene ring substituents is 1. The second kappa shape index (κ2) is 4.97. The molecule has 0 N–H and O–H groups in total. The zero-order chi connectivity index (χ0) is 12.3. The third-order valence-electron chi connectivity index (χ3n) is 2.10. The minimum absolute atomic E-state index is 0.0572. The van der Waals surface area contributed by atoms with Gasteiger partial charge in [-0.1, -0.05) is 23.9 Å². The standard InChI is InChI=1S/C12H8FNO2S/c13-9-5-7-10(8-6-9)17-12-4-2-1-3-11(12)14(15)16/h1-8H. The van der Waals surface area contributed by atoms with Gasteiger partial charge in [0.05, 0.1) is 9.82 Å². The van der Waals surface area contributed by atoms with Gasteiger partial charge in [-0.25, -0.2) is 4.39 Å². The second-order valence-corrected chi connectivity index (χ2v) is 4.40. The predicted molar refractivity (Wildman–Crippen MR) is 63.6 cm³/mol. The maximum absolute atomic E-state index is 12.7. The molecule has 0 radical (unpaired) electrons. The molecule has 5 heteroatoms. The molecule has 2 aromatic carbocycles. The van der Waals surface area contributed by atoms with E-state index in [2.05, 4.69) is 0 Å².